The zero-order valence-corrected chi connectivity index (χ0v) is 22.0. The van der Waals surface area contributed by atoms with Crippen molar-refractivity contribution >= 4 is 47.3 Å². The van der Waals surface area contributed by atoms with Crippen LogP contribution in [-0.2, 0) is 9.59 Å². The van der Waals surface area contributed by atoms with Crippen molar-refractivity contribution in [3.05, 3.63) is 47.2 Å². The zero-order chi connectivity index (χ0) is 24.7. The van der Waals surface area contributed by atoms with Crippen LogP contribution in [0.5, 0.6) is 0 Å². The molecular weight excluding hydrogens is 478 g/mol. The molecule has 1 aromatic heterocycles. The molecular formula is C27H34ClN5O3. The first-order valence-electron chi connectivity index (χ1n) is 12.6. The van der Waals surface area contributed by atoms with E-state index in [1.54, 1.807) is 15.9 Å². The third-order valence-electron chi connectivity index (χ3n) is 7.39. The Morgan fingerprint density at radius 1 is 0.972 bits per heavy atom. The minimum atomic E-state index is -0.0692. The summed E-state index contributed by atoms with van der Waals surface area (Å²) in [6.07, 6.45) is 4.49. The predicted molar refractivity (Wildman–Crippen MR) is 143 cm³/mol. The first kappa shape index (κ1) is 25.9. The smallest absolute Gasteiger partial charge is 0.256 e. The van der Waals surface area contributed by atoms with Crippen LogP contribution in [-0.4, -0.2) is 66.4 Å². The number of pyridine rings is 1. The quantitative estimate of drug-likeness (QED) is 0.625. The number of benzene rings is 1. The standard InChI is InChI=1S/C27H33N5O3.ClH/c1-18-15-19(2)26(28-17-18)29-11-13-30(14-12-29)27(35)22-8-7-21(32-20(3)6-9-25(32)34)16-23(22)31-10-4-5-24(31)33;/h7-8,15-17,20H,4-6,9-14H2,1-3H3;1H. The lowest BCUT2D eigenvalue weighted by Gasteiger charge is -2.36. The van der Waals surface area contributed by atoms with E-state index in [-0.39, 0.29) is 36.2 Å². The van der Waals surface area contributed by atoms with E-state index in [9.17, 15) is 14.4 Å². The summed E-state index contributed by atoms with van der Waals surface area (Å²) in [6.45, 7) is 9.33. The van der Waals surface area contributed by atoms with Gasteiger partial charge in [-0.25, -0.2) is 4.98 Å². The molecule has 5 rings (SSSR count). The van der Waals surface area contributed by atoms with E-state index in [0.29, 0.717) is 56.8 Å². The lowest BCUT2D eigenvalue weighted by atomic mass is 10.1. The van der Waals surface area contributed by atoms with Gasteiger partial charge in [0.1, 0.15) is 5.82 Å². The minimum Gasteiger partial charge on any atom is -0.353 e. The van der Waals surface area contributed by atoms with Crippen molar-refractivity contribution < 1.29 is 14.4 Å². The number of carbonyl (C=O) groups is 3. The molecule has 3 aliphatic heterocycles. The molecule has 3 fully saturated rings. The molecule has 8 nitrogen and oxygen atoms in total. The second kappa shape index (κ2) is 10.5. The maximum atomic E-state index is 13.7. The Morgan fingerprint density at radius 3 is 2.33 bits per heavy atom. The third kappa shape index (κ3) is 4.78. The van der Waals surface area contributed by atoms with E-state index in [2.05, 4.69) is 22.9 Å². The van der Waals surface area contributed by atoms with E-state index >= 15 is 0 Å². The Labute approximate surface area is 218 Å². The second-order valence-electron chi connectivity index (χ2n) is 9.93. The first-order valence-corrected chi connectivity index (χ1v) is 12.6. The number of aromatic nitrogens is 1. The molecule has 9 heteroatoms. The van der Waals surface area contributed by atoms with Gasteiger partial charge in [-0.3, -0.25) is 14.4 Å². The number of rotatable bonds is 4. The normalized spacial score (nSPS) is 20.2. The highest BCUT2D eigenvalue weighted by atomic mass is 35.5. The van der Waals surface area contributed by atoms with Gasteiger partial charge >= 0.3 is 0 Å². The summed E-state index contributed by atoms with van der Waals surface area (Å²) in [6, 6.07) is 7.76. The maximum absolute atomic E-state index is 13.7. The van der Waals surface area contributed by atoms with E-state index in [1.807, 2.05) is 37.1 Å². The van der Waals surface area contributed by atoms with Crippen LogP contribution in [0.3, 0.4) is 0 Å². The van der Waals surface area contributed by atoms with E-state index in [1.165, 1.54) is 0 Å². The lowest BCUT2D eigenvalue weighted by Crippen LogP contribution is -2.49. The molecule has 0 saturated carbocycles. The maximum Gasteiger partial charge on any atom is 0.256 e. The summed E-state index contributed by atoms with van der Waals surface area (Å²) in [7, 11) is 0. The van der Waals surface area contributed by atoms with Crippen molar-refractivity contribution in [2.45, 2.75) is 52.5 Å². The molecule has 0 radical (unpaired) electrons. The fourth-order valence-corrected chi connectivity index (χ4v) is 5.53. The summed E-state index contributed by atoms with van der Waals surface area (Å²) in [5.41, 5.74) is 4.19. The molecule has 1 aromatic carbocycles. The molecule has 3 amide bonds. The Kier molecular flexibility index (Phi) is 7.54. The predicted octanol–water partition coefficient (Wildman–Crippen LogP) is 3.72. The largest absolute Gasteiger partial charge is 0.353 e. The van der Waals surface area contributed by atoms with Crippen LogP contribution >= 0.6 is 12.4 Å². The molecule has 0 N–H and O–H groups in total. The van der Waals surface area contributed by atoms with Gasteiger partial charge in [-0.2, -0.15) is 0 Å². The fraction of sp³-hybridized carbons (Fsp3) is 0.481. The number of hydrogen-bond acceptors (Lipinski definition) is 5. The number of hydrogen-bond donors (Lipinski definition) is 0. The van der Waals surface area contributed by atoms with Gasteiger partial charge in [0.15, 0.2) is 0 Å². The van der Waals surface area contributed by atoms with Crippen molar-refractivity contribution in [3.8, 4) is 0 Å². The third-order valence-corrected chi connectivity index (χ3v) is 7.39. The van der Waals surface area contributed by atoms with Crippen LogP contribution in [0, 0.1) is 13.8 Å². The molecule has 1 unspecified atom stereocenters. The van der Waals surface area contributed by atoms with Gasteiger partial charge in [0, 0.05) is 63.5 Å². The van der Waals surface area contributed by atoms with Crippen molar-refractivity contribution in [1.82, 2.24) is 9.88 Å². The number of amides is 3. The summed E-state index contributed by atoms with van der Waals surface area (Å²) >= 11 is 0. The van der Waals surface area contributed by atoms with Crippen molar-refractivity contribution in [1.29, 1.82) is 0 Å². The molecule has 36 heavy (non-hydrogen) atoms. The van der Waals surface area contributed by atoms with Crippen molar-refractivity contribution in [2.24, 2.45) is 0 Å². The SMILES string of the molecule is Cc1cnc(N2CCN(C(=O)c3ccc(N4C(=O)CCC4C)cc3N3CCCC3=O)CC2)c(C)c1.Cl. The van der Waals surface area contributed by atoms with Gasteiger partial charge < -0.3 is 19.6 Å². The summed E-state index contributed by atoms with van der Waals surface area (Å²) in [5.74, 6) is 1.02. The highest BCUT2D eigenvalue weighted by Crippen LogP contribution is 2.34. The van der Waals surface area contributed by atoms with E-state index < -0.39 is 0 Å². The number of nitrogens with zero attached hydrogens (tertiary/aromatic N) is 5. The summed E-state index contributed by atoms with van der Waals surface area (Å²) in [4.78, 5) is 51.0. The van der Waals surface area contributed by atoms with Crippen molar-refractivity contribution in [3.63, 3.8) is 0 Å². The Balaban J connectivity index is 0.00000304. The Morgan fingerprint density at radius 2 is 1.72 bits per heavy atom. The summed E-state index contributed by atoms with van der Waals surface area (Å²) < 4.78 is 0. The van der Waals surface area contributed by atoms with Crippen LogP contribution < -0.4 is 14.7 Å². The van der Waals surface area contributed by atoms with Crippen LogP contribution in [0.1, 0.15) is 54.1 Å². The van der Waals surface area contributed by atoms with Crippen LogP contribution in [0.2, 0.25) is 0 Å². The van der Waals surface area contributed by atoms with Crippen LogP contribution in [0.4, 0.5) is 17.2 Å². The number of piperazine rings is 1. The summed E-state index contributed by atoms with van der Waals surface area (Å²) in [5, 5.41) is 0. The van der Waals surface area contributed by atoms with Crippen molar-refractivity contribution in [2.75, 3.05) is 47.4 Å². The molecule has 3 saturated heterocycles. The molecule has 2 aromatic rings. The van der Waals surface area contributed by atoms with E-state index in [4.69, 9.17) is 0 Å². The highest BCUT2D eigenvalue weighted by Gasteiger charge is 2.33. The van der Waals surface area contributed by atoms with Gasteiger partial charge in [-0.15, -0.1) is 12.4 Å². The van der Waals surface area contributed by atoms with Crippen LogP contribution in [0.15, 0.2) is 30.5 Å². The fourth-order valence-electron chi connectivity index (χ4n) is 5.53. The molecule has 3 aliphatic rings. The Bertz CT molecular complexity index is 1180. The minimum absolute atomic E-state index is 0. The molecule has 4 heterocycles. The molecule has 0 aliphatic carbocycles. The average Bonchev–Trinajstić information content (AvgIpc) is 3.42. The lowest BCUT2D eigenvalue weighted by molar-refractivity contribution is -0.117. The second-order valence-corrected chi connectivity index (χ2v) is 9.93. The van der Waals surface area contributed by atoms with E-state index in [0.717, 1.165) is 35.5 Å². The van der Waals surface area contributed by atoms with Gasteiger partial charge in [0.2, 0.25) is 11.8 Å². The average molecular weight is 512 g/mol. The highest BCUT2D eigenvalue weighted by molar-refractivity contribution is 6.07. The molecule has 192 valence electrons. The first-order chi connectivity index (χ1) is 16.8. The van der Waals surface area contributed by atoms with Gasteiger partial charge in [-0.1, -0.05) is 6.07 Å². The number of aryl methyl sites for hydroxylation is 2. The topological polar surface area (TPSA) is 77.1 Å². The monoisotopic (exact) mass is 511 g/mol. The van der Waals surface area contributed by atoms with Gasteiger partial charge in [0.25, 0.3) is 5.91 Å². The number of carbonyl (C=O) groups excluding carboxylic acids is 3. The molecule has 0 spiro atoms. The number of anilines is 3. The van der Waals surface area contributed by atoms with Gasteiger partial charge in [-0.05, 0) is 62.9 Å². The van der Waals surface area contributed by atoms with Gasteiger partial charge in [0.05, 0.1) is 11.3 Å². The Hall–Kier alpha value is -3.13. The number of halogens is 1. The molecule has 0 bridgehead atoms. The molecule has 1 atom stereocenters. The van der Waals surface area contributed by atoms with Crippen LogP contribution in [0.25, 0.3) is 0 Å². The zero-order valence-electron chi connectivity index (χ0n) is 21.2.